The van der Waals surface area contributed by atoms with E-state index in [1.54, 1.807) is 48.5 Å². The monoisotopic (exact) mass is 410 g/mol. The molecule has 30 heavy (non-hydrogen) atoms. The number of benzene rings is 2. The van der Waals surface area contributed by atoms with E-state index in [4.69, 9.17) is 18.9 Å². The lowest BCUT2D eigenvalue weighted by Crippen LogP contribution is -2.19. The van der Waals surface area contributed by atoms with Crippen molar-refractivity contribution in [3.63, 3.8) is 0 Å². The minimum absolute atomic E-state index is 0.501. The summed E-state index contributed by atoms with van der Waals surface area (Å²) < 4.78 is 20.0. The van der Waals surface area contributed by atoms with Crippen LogP contribution in [0.3, 0.4) is 0 Å². The van der Waals surface area contributed by atoms with Crippen molar-refractivity contribution in [2.24, 2.45) is 0 Å². The normalized spacial score (nSPS) is 10.7. The summed E-state index contributed by atoms with van der Waals surface area (Å²) in [6.45, 7) is -1.00. The van der Waals surface area contributed by atoms with Gasteiger partial charge in [-0.05, 0) is 24.3 Å². The fourth-order valence-electron chi connectivity index (χ4n) is 2.37. The number of ether oxygens (including phenoxy) is 4. The highest BCUT2D eigenvalue weighted by Gasteiger charge is 2.09. The molecule has 0 N–H and O–H groups in total. The summed E-state index contributed by atoms with van der Waals surface area (Å²) in [4.78, 5) is 35.2. The predicted octanol–water partition coefficient (Wildman–Crippen LogP) is 3.09. The van der Waals surface area contributed by atoms with Gasteiger partial charge in [0, 0.05) is 23.3 Å². The predicted molar refractivity (Wildman–Crippen MR) is 111 cm³/mol. The second kappa shape index (κ2) is 11.9. The van der Waals surface area contributed by atoms with Crippen molar-refractivity contribution in [3.05, 3.63) is 71.8 Å². The molecular formula is C23H22O7. The van der Waals surface area contributed by atoms with Crippen LogP contribution in [0.1, 0.15) is 11.1 Å². The van der Waals surface area contributed by atoms with Crippen molar-refractivity contribution in [3.8, 4) is 11.5 Å². The van der Waals surface area contributed by atoms with Crippen molar-refractivity contribution in [1.29, 1.82) is 0 Å². The molecule has 0 aliphatic heterocycles. The summed E-state index contributed by atoms with van der Waals surface area (Å²) in [5.74, 6) is -0.738. The molecule has 0 unspecified atom stereocenters. The molecule has 7 heteroatoms. The topological polar surface area (TPSA) is 88.1 Å². The number of Topliss-reactive ketones (excluding diaryl/α,β-unsaturated/α-hetero) is 1. The standard InChI is InChI=1S/C23H22O7/c1-27-20-9-5-3-7-17(20)11-13-22(25)29-15-19(24)16-30-23(26)14-12-18-8-4-6-10-21(18)28-2/h3-14H,15-16H2,1-2H3/b13-11+,14-12+. The Morgan fingerprint density at radius 1 is 0.700 bits per heavy atom. The van der Waals surface area contributed by atoms with E-state index < -0.39 is 30.9 Å². The van der Waals surface area contributed by atoms with Crippen LogP contribution in [0.4, 0.5) is 0 Å². The molecule has 0 aliphatic rings. The molecule has 0 saturated carbocycles. The Hall–Kier alpha value is -3.87. The average Bonchev–Trinajstić information content (AvgIpc) is 2.78. The second-order valence-corrected chi connectivity index (χ2v) is 5.90. The van der Waals surface area contributed by atoms with Gasteiger partial charge in [0.1, 0.15) is 11.5 Å². The maximum atomic E-state index is 11.8. The molecule has 156 valence electrons. The van der Waals surface area contributed by atoms with Crippen LogP contribution in [0.15, 0.2) is 60.7 Å². The Morgan fingerprint density at radius 3 is 1.50 bits per heavy atom. The summed E-state index contributed by atoms with van der Waals surface area (Å²) in [6.07, 6.45) is 5.42. The van der Waals surface area contributed by atoms with Crippen molar-refractivity contribution >= 4 is 29.9 Å². The first-order valence-corrected chi connectivity index (χ1v) is 9.01. The van der Waals surface area contributed by atoms with Crippen LogP contribution in [0, 0.1) is 0 Å². The number of methoxy groups -OCH3 is 2. The molecule has 0 fully saturated rings. The summed E-state index contributed by atoms with van der Waals surface area (Å²) in [6, 6.07) is 14.3. The van der Waals surface area contributed by atoms with Crippen LogP contribution in [0.5, 0.6) is 11.5 Å². The molecule has 0 aliphatic carbocycles. The fraction of sp³-hybridized carbons (Fsp3) is 0.174. The molecule has 2 aromatic rings. The zero-order chi connectivity index (χ0) is 21.8. The van der Waals surface area contributed by atoms with Gasteiger partial charge in [-0.2, -0.15) is 0 Å². The molecule has 0 atom stereocenters. The number of rotatable bonds is 10. The highest BCUT2D eigenvalue weighted by Crippen LogP contribution is 2.19. The van der Waals surface area contributed by atoms with E-state index in [1.165, 1.54) is 38.5 Å². The van der Waals surface area contributed by atoms with E-state index in [0.717, 1.165) is 0 Å². The lowest BCUT2D eigenvalue weighted by molar-refractivity contribution is -0.148. The highest BCUT2D eigenvalue weighted by atomic mass is 16.6. The van der Waals surface area contributed by atoms with Gasteiger partial charge in [0.05, 0.1) is 14.2 Å². The molecular weight excluding hydrogens is 388 g/mol. The van der Waals surface area contributed by atoms with Crippen LogP contribution in [-0.4, -0.2) is 45.2 Å². The van der Waals surface area contributed by atoms with E-state index in [-0.39, 0.29) is 0 Å². The maximum absolute atomic E-state index is 11.8. The highest BCUT2D eigenvalue weighted by molar-refractivity contribution is 5.92. The van der Waals surface area contributed by atoms with E-state index in [2.05, 4.69) is 0 Å². The average molecular weight is 410 g/mol. The lowest BCUT2D eigenvalue weighted by Gasteiger charge is -2.04. The van der Waals surface area contributed by atoms with Gasteiger partial charge in [0.25, 0.3) is 0 Å². The number of para-hydroxylation sites is 2. The van der Waals surface area contributed by atoms with Gasteiger partial charge in [0.2, 0.25) is 5.78 Å². The minimum Gasteiger partial charge on any atom is -0.496 e. The number of ketones is 1. The van der Waals surface area contributed by atoms with Crippen LogP contribution in [0.25, 0.3) is 12.2 Å². The summed E-state index contributed by atoms with van der Waals surface area (Å²) in [7, 11) is 3.05. The van der Waals surface area contributed by atoms with Crippen LogP contribution in [-0.2, 0) is 23.9 Å². The molecule has 0 heterocycles. The number of carbonyl (C=O) groups is 3. The molecule has 2 aromatic carbocycles. The number of hydrogen-bond donors (Lipinski definition) is 0. The van der Waals surface area contributed by atoms with Gasteiger partial charge in [-0.25, -0.2) is 9.59 Å². The molecule has 0 bridgehead atoms. The zero-order valence-electron chi connectivity index (χ0n) is 16.7. The Bertz CT molecular complexity index is 869. The molecule has 0 amide bonds. The third-order valence-electron chi connectivity index (χ3n) is 3.83. The number of esters is 2. The van der Waals surface area contributed by atoms with Gasteiger partial charge in [0.15, 0.2) is 13.2 Å². The van der Waals surface area contributed by atoms with Crippen LogP contribution in [0.2, 0.25) is 0 Å². The zero-order valence-corrected chi connectivity index (χ0v) is 16.7. The molecule has 2 rings (SSSR count). The SMILES string of the molecule is COc1ccccc1/C=C/C(=O)OCC(=O)COC(=O)/C=C/c1ccccc1OC. The Kier molecular flexibility index (Phi) is 8.86. The third-order valence-corrected chi connectivity index (χ3v) is 3.83. The summed E-state index contributed by atoms with van der Waals surface area (Å²) in [5, 5.41) is 0. The number of hydrogen-bond acceptors (Lipinski definition) is 7. The fourth-order valence-corrected chi connectivity index (χ4v) is 2.37. The third kappa shape index (κ3) is 7.27. The van der Waals surface area contributed by atoms with E-state index >= 15 is 0 Å². The second-order valence-electron chi connectivity index (χ2n) is 5.90. The molecule has 0 radical (unpaired) electrons. The van der Waals surface area contributed by atoms with Crippen molar-refractivity contribution in [1.82, 2.24) is 0 Å². The summed E-state index contributed by atoms with van der Waals surface area (Å²) in [5.41, 5.74) is 1.39. The van der Waals surface area contributed by atoms with Crippen molar-refractivity contribution in [2.75, 3.05) is 27.4 Å². The largest absolute Gasteiger partial charge is 0.496 e. The van der Waals surface area contributed by atoms with Gasteiger partial charge in [-0.15, -0.1) is 0 Å². The quantitative estimate of drug-likeness (QED) is 0.439. The first-order chi connectivity index (χ1) is 14.5. The molecule has 0 saturated heterocycles. The maximum Gasteiger partial charge on any atom is 0.331 e. The lowest BCUT2D eigenvalue weighted by atomic mass is 10.2. The van der Waals surface area contributed by atoms with Crippen molar-refractivity contribution < 1.29 is 33.3 Å². The van der Waals surface area contributed by atoms with E-state index in [0.29, 0.717) is 22.6 Å². The molecule has 7 nitrogen and oxygen atoms in total. The Balaban J connectivity index is 1.75. The van der Waals surface area contributed by atoms with Crippen LogP contribution >= 0.6 is 0 Å². The van der Waals surface area contributed by atoms with Gasteiger partial charge < -0.3 is 18.9 Å². The molecule has 0 aromatic heterocycles. The smallest absolute Gasteiger partial charge is 0.331 e. The van der Waals surface area contributed by atoms with E-state index in [9.17, 15) is 14.4 Å². The van der Waals surface area contributed by atoms with Crippen LogP contribution < -0.4 is 9.47 Å². The van der Waals surface area contributed by atoms with E-state index in [1.807, 2.05) is 0 Å². The van der Waals surface area contributed by atoms with Crippen molar-refractivity contribution in [2.45, 2.75) is 0 Å². The van der Waals surface area contributed by atoms with Gasteiger partial charge >= 0.3 is 11.9 Å². The Morgan fingerprint density at radius 2 is 1.10 bits per heavy atom. The minimum atomic E-state index is -0.698. The summed E-state index contributed by atoms with van der Waals surface area (Å²) >= 11 is 0. The number of carbonyl (C=O) groups excluding carboxylic acids is 3. The van der Waals surface area contributed by atoms with Gasteiger partial charge in [-0.1, -0.05) is 36.4 Å². The van der Waals surface area contributed by atoms with Gasteiger partial charge in [-0.3, -0.25) is 4.79 Å². The molecule has 0 spiro atoms. The Labute approximate surface area is 174 Å². The first kappa shape index (κ1) is 22.4. The first-order valence-electron chi connectivity index (χ1n) is 9.01.